The van der Waals surface area contributed by atoms with E-state index in [1.54, 1.807) is 19.5 Å². The van der Waals surface area contributed by atoms with E-state index in [9.17, 15) is 22.8 Å². The third-order valence-corrected chi connectivity index (χ3v) is 8.85. The molecule has 0 radical (unpaired) electrons. The second-order valence-corrected chi connectivity index (χ2v) is 11.9. The Hall–Kier alpha value is -3.55. The predicted octanol–water partition coefficient (Wildman–Crippen LogP) is 3.52. The summed E-state index contributed by atoms with van der Waals surface area (Å²) < 4.78 is 46.6. The maximum Gasteiger partial charge on any atom is 0.401 e. The van der Waals surface area contributed by atoms with Gasteiger partial charge in [0.25, 0.3) is 5.91 Å². The van der Waals surface area contributed by atoms with E-state index in [1.807, 2.05) is 50.4 Å². The van der Waals surface area contributed by atoms with Gasteiger partial charge in [-0.25, -0.2) is 0 Å². The van der Waals surface area contributed by atoms with Gasteiger partial charge in [0, 0.05) is 81.1 Å². The second kappa shape index (κ2) is 12.8. The molecule has 0 aliphatic carbocycles. The third-order valence-electron chi connectivity index (χ3n) is 8.85. The third kappa shape index (κ3) is 6.74. The molecule has 4 unspecified atom stereocenters. The summed E-state index contributed by atoms with van der Waals surface area (Å²) in [5.41, 5.74) is 5.06. The lowest BCUT2D eigenvalue weighted by atomic mass is 9.91. The molecule has 0 aromatic carbocycles. The van der Waals surface area contributed by atoms with E-state index in [2.05, 4.69) is 25.5 Å². The number of hydrogen-bond donors (Lipinski definition) is 2. The number of piperidine rings is 1. The van der Waals surface area contributed by atoms with Crippen molar-refractivity contribution in [2.75, 3.05) is 46.4 Å². The molecule has 3 aromatic heterocycles. The molecule has 2 aliphatic rings. The van der Waals surface area contributed by atoms with Gasteiger partial charge in [-0.2, -0.15) is 13.2 Å². The van der Waals surface area contributed by atoms with Gasteiger partial charge in [-0.3, -0.25) is 29.4 Å². The number of amides is 2. The summed E-state index contributed by atoms with van der Waals surface area (Å²) in [5, 5.41) is 5.91. The first-order valence-electron chi connectivity index (χ1n) is 14.9. The van der Waals surface area contributed by atoms with E-state index in [0.29, 0.717) is 43.9 Å². The van der Waals surface area contributed by atoms with Crippen molar-refractivity contribution >= 4 is 17.3 Å². The Bertz CT molecular complexity index is 1500. The molecule has 4 atom stereocenters. The van der Waals surface area contributed by atoms with Crippen LogP contribution in [0.25, 0.3) is 16.8 Å². The Kier molecular flexibility index (Phi) is 9.28. The van der Waals surface area contributed by atoms with Gasteiger partial charge < -0.3 is 19.8 Å². The number of methoxy groups -OCH3 is 1. The van der Waals surface area contributed by atoms with E-state index in [-0.39, 0.29) is 36.5 Å². The summed E-state index contributed by atoms with van der Waals surface area (Å²) in [5.74, 6) is -1.01. The highest BCUT2D eigenvalue weighted by atomic mass is 19.4. The molecule has 0 saturated carbocycles. The molecule has 44 heavy (non-hydrogen) atoms. The molecule has 0 spiro atoms. The molecule has 13 heteroatoms. The summed E-state index contributed by atoms with van der Waals surface area (Å²) in [6.07, 6.45) is 1.42. The minimum absolute atomic E-state index is 0.0129. The van der Waals surface area contributed by atoms with Crippen LogP contribution in [0, 0.1) is 19.8 Å². The topological polar surface area (TPSA) is 104 Å². The first-order chi connectivity index (χ1) is 20.9. The maximum absolute atomic E-state index is 13.8. The lowest BCUT2D eigenvalue weighted by Crippen LogP contribution is -2.53. The summed E-state index contributed by atoms with van der Waals surface area (Å²) in [6, 6.07) is 3.55. The molecule has 5 rings (SSSR count). The zero-order valence-corrected chi connectivity index (χ0v) is 25.7. The van der Waals surface area contributed by atoms with Gasteiger partial charge in [0.2, 0.25) is 5.91 Å². The minimum atomic E-state index is -4.24. The van der Waals surface area contributed by atoms with Crippen molar-refractivity contribution in [3.63, 3.8) is 0 Å². The van der Waals surface area contributed by atoms with Crippen molar-refractivity contribution in [2.45, 2.75) is 58.5 Å². The molecule has 3 aromatic rings. The van der Waals surface area contributed by atoms with Crippen molar-refractivity contribution in [1.29, 1.82) is 0 Å². The molecular formula is C31H40F3N7O3. The zero-order valence-electron chi connectivity index (χ0n) is 25.7. The standard InChI is InChI=1S/C31H40F3N7O3/c1-18-12-27(44-5)24(30(43)38-18)15-37-29(42)23-13-26-22(25-16-35-19(2)14-36-25)6-7-41(26)28(20(23)3)21(4)40-10-8-39(9-11-40)17-31(32,33)34/h6-7,13-14,16,18,21,24,27H,8-12,15,17H2,1-5H3,(H,37,42)(H,38,43). The lowest BCUT2D eigenvalue weighted by molar-refractivity contribution is -0.149. The van der Waals surface area contributed by atoms with E-state index in [0.717, 1.165) is 28.0 Å². The summed E-state index contributed by atoms with van der Waals surface area (Å²) >= 11 is 0. The number of fused-ring (bicyclic) bond motifs is 1. The van der Waals surface area contributed by atoms with Crippen molar-refractivity contribution in [2.24, 2.45) is 5.92 Å². The molecular weight excluding hydrogens is 575 g/mol. The number of ether oxygens (including phenoxy) is 1. The van der Waals surface area contributed by atoms with Gasteiger partial charge in [-0.15, -0.1) is 0 Å². The van der Waals surface area contributed by atoms with Crippen LogP contribution in [0.5, 0.6) is 0 Å². The number of carbonyl (C=O) groups is 2. The number of carbonyl (C=O) groups excluding carboxylic acids is 2. The summed E-state index contributed by atoms with van der Waals surface area (Å²) in [7, 11) is 1.57. The normalized spacial score (nSPS) is 22.6. The Balaban J connectivity index is 1.48. The zero-order chi connectivity index (χ0) is 31.8. The van der Waals surface area contributed by atoms with Crippen LogP contribution < -0.4 is 10.6 Å². The van der Waals surface area contributed by atoms with Crippen molar-refractivity contribution < 1.29 is 27.5 Å². The minimum Gasteiger partial charge on any atom is -0.380 e. The fraction of sp³-hybridized carbons (Fsp3) is 0.548. The lowest BCUT2D eigenvalue weighted by Gasteiger charge is -2.39. The van der Waals surface area contributed by atoms with Crippen LogP contribution in [-0.2, 0) is 9.53 Å². The van der Waals surface area contributed by atoms with Crippen molar-refractivity contribution in [3.05, 3.63) is 53.2 Å². The van der Waals surface area contributed by atoms with Gasteiger partial charge in [0.15, 0.2) is 0 Å². The number of nitrogens with zero attached hydrogens (tertiary/aromatic N) is 5. The fourth-order valence-corrected chi connectivity index (χ4v) is 6.47. The number of aromatic nitrogens is 3. The van der Waals surface area contributed by atoms with Crippen LogP contribution in [0.15, 0.2) is 30.7 Å². The molecule has 10 nitrogen and oxygen atoms in total. The molecule has 2 N–H and O–H groups in total. The first-order valence-corrected chi connectivity index (χ1v) is 14.9. The van der Waals surface area contributed by atoms with E-state index in [4.69, 9.17) is 4.74 Å². The first kappa shape index (κ1) is 31.9. The largest absolute Gasteiger partial charge is 0.401 e. The van der Waals surface area contributed by atoms with E-state index < -0.39 is 18.6 Å². The summed E-state index contributed by atoms with van der Waals surface area (Å²) in [6.45, 7) is 8.39. The van der Waals surface area contributed by atoms with Crippen LogP contribution in [0.4, 0.5) is 13.2 Å². The highest BCUT2D eigenvalue weighted by Crippen LogP contribution is 2.33. The van der Waals surface area contributed by atoms with Gasteiger partial charge in [0.1, 0.15) is 0 Å². The summed E-state index contributed by atoms with van der Waals surface area (Å²) in [4.78, 5) is 39.1. The smallest absolute Gasteiger partial charge is 0.380 e. The van der Waals surface area contributed by atoms with Gasteiger partial charge in [0.05, 0.1) is 41.7 Å². The Labute approximate surface area is 255 Å². The van der Waals surface area contributed by atoms with Gasteiger partial charge in [-0.1, -0.05) is 0 Å². The van der Waals surface area contributed by atoms with E-state index in [1.165, 1.54) is 4.90 Å². The van der Waals surface area contributed by atoms with E-state index >= 15 is 0 Å². The molecule has 2 saturated heterocycles. The predicted molar refractivity (Wildman–Crippen MR) is 159 cm³/mol. The van der Waals surface area contributed by atoms with Gasteiger partial charge in [-0.05, 0) is 51.8 Å². The van der Waals surface area contributed by atoms with Crippen LogP contribution >= 0.6 is 0 Å². The van der Waals surface area contributed by atoms with Crippen molar-refractivity contribution in [1.82, 2.24) is 34.8 Å². The molecule has 2 fully saturated rings. The number of aryl methyl sites for hydroxylation is 1. The average molecular weight is 616 g/mol. The van der Waals surface area contributed by atoms with Crippen LogP contribution in [-0.4, -0.2) is 101 Å². The second-order valence-electron chi connectivity index (χ2n) is 11.9. The number of rotatable bonds is 8. The highest BCUT2D eigenvalue weighted by molar-refractivity contribution is 5.98. The van der Waals surface area contributed by atoms with Crippen LogP contribution in [0.3, 0.4) is 0 Å². The van der Waals surface area contributed by atoms with Crippen molar-refractivity contribution in [3.8, 4) is 11.3 Å². The Morgan fingerprint density at radius 3 is 2.55 bits per heavy atom. The molecule has 2 amide bonds. The number of hydrogen-bond acceptors (Lipinski definition) is 7. The highest BCUT2D eigenvalue weighted by Gasteiger charge is 2.36. The number of halogens is 3. The monoisotopic (exact) mass is 615 g/mol. The van der Waals surface area contributed by atoms with Crippen LogP contribution in [0.2, 0.25) is 0 Å². The number of pyridine rings is 1. The molecule has 0 bridgehead atoms. The molecule has 238 valence electrons. The molecule has 2 aliphatic heterocycles. The number of nitrogens with one attached hydrogen (secondary N) is 2. The Morgan fingerprint density at radius 1 is 1.18 bits per heavy atom. The van der Waals surface area contributed by atoms with Gasteiger partial charge >= 0.3 is 6.18 Å². The quantitative estimate of drug-likeness (QED) is 0.400. The number of piperazine rings is 1. The maximum atomic E-state index is 13.8. The SMILES string of the molecule is COC1CC(C)NC(=O)C1CNC(=O)c1cc2c(-c3cnc(C)cn3)ccn2c(C(C)N2CCN(CC(F)(F)F)CC2)c1C. The van der Waals surface area contributed by atoms with Crippen LogP contribution in [0.1, 0.15) is 53.6 Å². The number of alkyl halides is 3. The Morgan fingerprint density at radius 2 is 1.91 bits per heavy atom. The molecule has 5 heterocycles. The fourth-order valence-electron chi connectivity index (χ4n) is 6.47. The average Bonchev–Trinajstić information content (AvgIpc) is 3.39.